The number of nitrogens with one attached hydrogen (secondary N) is 5. The molecule has 21 nitrogen and oxygen atoms in total. The first-order valence-corrected chi connectivity index (χ1v) is 21.9. The molecule has 2 fully saturated rings. The van der Waals surface area contributed by atoms with Crippen LogP contribution in [0.4, 0.5) is 0 Å². The maximum Gasteiger partial charge on any atom is 0.246 e. The van der Waals surface area contributed by atoms with Crippen LogP contribution in [0.2, 0.25) is 0 Å². The smallest absolute Gasteiger partial charge is 0.246 e. The minimum Gasteiger partial charge on any atom is -0.370 e. The number of rotatable bonds is 10. The largest absolute Gasteiger partial charge is 0.370 e. The van der Waals surface area contributed by atoms with Gasteiger partial charge < -0.3 is 53.3 Å². The lowest BCUT2D eigenvalue weighted by molar-refractivity contribution is -0.150. The van der Waals surface area contributed by atoms with Crippen LogP contribution in [0.3, 0.4) is 0 Å². The molecule has 21 heteroatoms. The van der Waals surface area contributed by atoms with Crippen molar-refractivity contribution in [3.8, 4) is 0 Å². The number of hydrogen-bond donors (Lipinski definition) is 8. The molecule has 6 amide bonds. The molecular weight excluding hydrogens is 847 g/mol. The fraction of sp³-hybridized carbons (Fsp3) is 0.378. The van der Waals surface area contributed by atoms with Gasteiger partial charge in [-0.05, 0) is 52.8 Å². The zero-order valence-electron chi connectivity index (χ0n) is 36.1. The fourth-order valence-electron chi connectivity index (χ4n) is 8.99. The number of aromatic nitrogens is 5. The summed E-state index contributed by atoms with van der Waals surface area (Å²) in [6, 6.07) is 15.8. The van der Waals surface area contributed by atoms with E-state index in [1.54, 1.807) is 30.5 Å². The van der Waals surface area contributed by atoms with E-state index in [4.69, 9.17) is 17.2 Å². The lowest BCUT2D eigenvalue weighted by Crippen LogP contribution is -2.63. The van der Waals surface area contributed by atoms with Crippen molar-refractivity contribution in [2.75, 3.05) is 13.1 Å². The van der Waals surface area contributed by atoms with E-state index < -0.39 is 77.7 Å². The number of hydrogen-bond acceptors (Lipinski definition) is 11. The van der Waals surface area contributed by atoms with Gasteiger partial charge in [-0.3, -0.25) is 33.8 Å². The van der Waals surface area contributed by atoms with Crippen molar-refractivity contribution in [1.29, 1.82) is 0 Å². The number of aromatic amines is 1. The van der Waals surface area contributed by atoms with Crippen molar-refractivity contribution in [3.05, 3.63) is 114 Å². The van der Waals surface area contributed by atoms with E-state index in [2.05, 4.69) is 46.7 Å². The minimum atomic E-state index is -1.38. The maximum absolute atomic E-state index is 15.0. The Labute approximate surface area is 379 Å². The predicted octanol–water partition coefficient (Wildman–Crippen LogP) is -1.47. The van der Waals surface area contributed by atoms with E-state index in [1.807, 2.05) is 54.6 Å². The Morgan fingerprint density at radius 2 is 1.38 bits per heavy atom. The second-order valence-electron chi connectivity index (χ2n) is 16.9. The highest BCUT2D eigenvalue weighted by Gasteiger charge is 2.46. The van der Waals surface area contributed by atoms with Crippen LogP contribution < -0.4 is 38.5 Å². The van der Waals surface area contributed by atoms with Crippen LogP contribution in [0.1, 0.15) is 41.5 Å². The average Bonchev–Trinajstić information content (AvgIpc) is 4.09. The van der Waals surface area contributed by atoms with Gasteiger partial charge in [0.25, 0.3) is 0 Å². The van der Waals surface area contributed by atoms with Gasteiger partial charge in [0, 0.05) is 62.0 Å². The van der Waals surface area contributed by atoms with Crippen LogP contribution in [0.25, 0.3) is 10.9 Å². The molecule has 2 saturated heterocycles. The summed E-state index contributed by atoms with van der Waals surface area (Å²) in [5.74, 6) is -4.07. The first-order valence-electron chi connectivity index (χ1n) is 21.9. The molecule has 3 aliphatic heterocycles. The molecule has 0 unspecified atom stereocenters. The molecule has 0 saturated carbocycles. The molecule has 344 valence electrons. The summed E-state index contributed by atoms with van der Waals surface area (Å²) in [5.41, 5.74) is 21.5. The van der Waals surface area contributed by atoms with E-state index in [1.165, 1.54) is 16.1 Å². The third kappa shape index (κ3) is 10.3. The van der Waals surface area contributed by atoms with Gasteiger partial charge in [0.2, 0.25) is 35.4 Å². The highest BCUT2D eigenvalue weighted by atomic mass is 16.2. The van der Waals surface area contributed by atoms with Gasteiger partial charge in [-0.25, -0.2) is 0 Å². The number of para-hydroxylation sites is 1. The number of benzene rings is 3. The van der Waals surface area contributed by atoms with Gasteiger partial charge in [0.05, 0.1) is 6.54 Å². The van der Waals surface area contributed by atoms with E-state index in [0.717, 1.165) is 26.8 Å². The van der Waals surface area contributed by atoms with Crippen molar-refractivity contribution in [3.63, 3.8) is 0 Å². The molecule has 3 aliphatic rings. The molecule has 0 aliphatic carbocycles. The molecule has 3 aromatic carbocycles. The number of aliphatic imine (C=N–C) groups is 1. The number of H-pyrrole nitrogens is 1. The fourth-order valence-corrected chi connectivity index (χ4v) is 8.99. The second-order valence-corrected chi connectivity index (χ2v) is 16.9. The number of nitrogens with two attached hydrogens (primary N) is 3. The monoisotopic (exact) mass is 899 g/mol. The topological polar surface area (TPSA) is 307 Å². The van der Waals surface area contributed by atoms with Gasteiger partial charge in [-0.15, -0.1) is 10.2 Å². The summed E-state index contributed by atoms with van der Waals surface area (Å²) >= 11 is 0. The Kier molecular flexibility index (Phi) is 13.6. The molecule has 7 atom stereocenters. The number of tetrazole rings is 1. The summed E-state index contributed by atoms with van der Waals surface area (Å²) in [5, 5.41) is 24.0. The Balaban J connectivity index is 1.21. The average molecular weight is 900 g/mol. The van der Waals surface area contributed by atoms with E-state index in [-0.39, 0.29) is 70.7 Å². The third-order valence-corrected chi connectivity index (χ3v) is 12.3. The standard InChI is InChI=1S/C45H53N15O6/c46-30-20-38-44(66)58-22-28-12-5-4-11-27(28)19-37(58)42(64)56-36(24-60-52-25-51-57-60)41(63)54-34(17-26-9-2-1-3-10-26)39(61)55-35(18-29-21-50-32-14-7-6-13-31(29)32)40(62)53-33(43(65)59(38)23-30)15-8-16-49-45(47)48/h1-7,9-14,21,25,30,33-38,50H,8,15-20,22-24,46H2,(H,53,62)(H,54,63)(H,55,61)(H,56,64)(H4,47,48,49)/t30-,33+,34-,35+,36+,37+,38-/m1/s1. The molecule has 2 aromatic heterocycles. The molecule has 66 heavy (non-hydrogen) atoms. The van der Waals surface area contributed by atoms with Crippen molar-refractivity contribution in [2.45, 2.75) is 93.9 Å². The summed E-state index contributed by atoms with van der Waals surface area (Å²) in [6.07, 6.45) is 3.38. The van der Waals surface area contributed by atoms with Gasteiger partial charge in [0.1, 0.15) is 36.3 Å². The lowest BCUT2D eigenvalue weighted by atomic mass is 9.92. The first kappa shape index (κ1) is 44.9. The van der Waals surface area contributed by atoms with E-state index >= 15 is 4.79 Å². The lowest BCUT2D eigenvalue weighted by Gasteiger charge is -2.39. The quantitative estimate of drug-likeness (QED) is 0.0453. The Hall–Kier alpha value is -7.68. The number of carbonyl (C=O) groups excluding carboxylic acids is 6. The number of guanidine groups is 1. The van der Waals surface area contributed by atoms with Crippen LogP contribution in [0, 0.1) is 0 Å². The Morgan fingerprint density at radius 1 is 0.712 bits per heavy atom. The zero-order chi connectivity index (χ0) is 46.3. The van der Waals surface area contributed by atoms with Gasteiger partial charge in [-0.2, -0.15) is 4.80 Å². The van der Waals surface area contributed by atoms with Crippen molar-refractivity contribution in [1.82, 2.24) is 56.3 Å². The normalized spacial score (nSPS) is 24.2. The zero-order valence-corrected chi connectivity index (χ0v) is 36.1. The Morgan fingerprint density at radius 3 is 2.12 bits per heavy atom. The third-order valence-electron chi connectivity index (χ3n) is 12.3. The predicted molar refractivity (Wildman–Crippen MR) is 240 cm³/mol. The summed E-state index contributed by atoms with van der Waals surface area (Å²) in [6.45, 7) is -0.140. The number of carbonyl (C=O) groups is 6. The van der Waals surface area contributed by atoms with Crippen LogP contribution in [0.15, 0.2) is 96.4 Å². The first-order chi connectivity index (χ1) is 31.9. The van der Waals surface area contributed by atoms with Crippen molar-refractivity contribution in [2.24, 2.45) is 22.2 Å². The van der Waals surface area contributed by atoms with Gasteiger partial charge in [0.15, 0.2) is 12.3 Å². The maximum atomic E-state index is 15.0. The molecule has 0 bridgehead atoms. The number of nitrogens with zero attached hydrogens (tertiary/aromatic N) is 7. The van der Waals surface area contributed by atoms with Crippen LogP contribution in [-0.4, -0.2) is 132 Å². The van der Waals surface area contributed by atoms with E-state index in [9.17, 15) is 24.0 Å². The minimum absolute atomic E-state index is 0.00766. The van der Waals surface area contributed by atoms with Crippen molar-refractivity contribution >= 4 is 52.3 Å². The molecule has 11 N–H and O–H groups in total. The summed E-state index contributed by atoms with van der Waals surface area (Å²) in [7, 11) is 0. The van der Waals surface area contributed by atoms with Crippen molar-refractivity contribution < 1.29 is 28.8 Å². The summed E-state index contributed by atoms with van der Waals surface area (Å²) < 4.78 is 0. The van der Waals surface area contributed by atoms with Crippen LogP contribution >= 0.6 is 0 Å². The Bertz CT molecular complexity index is 2600. The van der Waals surface area contributed by atoms with Gasteiger partial charge >= 0.3 is 0 Å². The second kappa shape index (κ2) is 20.0. The highest BCUT2D eigenvalue weighted by molar-refractivity contribution is 5.99. The SMILES string of the molecule is NC(N)=NCCC[C@@H]1NC(=O)[C@H](Cc2c[nH]c3ccccc23)NC(=O)[C@@H](Cc2ccccc2)NC(=O)[C@H](Cn2ncnn2)NC(=O)[C@@H]2Cc3ccccc3CN2C(=O)[C@H]2C[C@@H](N)CN2C1=O. The molecule has 8 rings (SSSR count). The summed E-state index contributed by atoms with van der Waals surface area (Å²) in [4.78, 5) is 99.9. The molecule has 0 spiro atoms. The van der Waals surface area contributed by atoms with Crippen LogP contribution in [0.5, 0.6) is 0 Å². The highest BCUT2D eigenvalue weighted by Crippen LogP contribution is 2.29. The molecule has 0 radical (unpaired) electrons. The molecule has 5 heterocycles. The molecular formula is C45H53N15O6. The number of amides is 6. The molecule has 5 aromatic rings. The van der Waals surface area contributed by atoms with Crippen LogP contribution in [-0.2, 0) is 61.1 Å². The van der Waals surface area contributed by atoms with Gasteiger partial charge in [-0.1, -0.05) is 72.8 Å². The number of fused-ring (bicyclic) bond motifs is 4. The van der Waals surface area contributed by atoms with E-state index in [0.29, 0.717) is 11.1 Å².